The number of rotatable bonds is 6. The molecule has 3 aliphatic rings. The van der Waals surface area contributed by atoms with Gasteiger partial charge >= 0.3 is 0 Å². The van der Waals surface area contributed by atoms with Crippen molar-refractivity contribution in [3.05, 3.63) is 65.5 Å². The summed E-state index contributed by atoms with van der Waals surface area (Å²) < 4.78 is 19.3. The smallest absolute Gasteiger partial charge is 0.250 e. The molecule has 7 nitrogen and oxygen atoms in total. The summed E-state index contributed by atoms with van der Waals surface area (Å²) in [5.41, 5.74) is 0.343. The first kappa shape index (κ1) is 20.8. The molecule has 2 saturated heterocycles. The molecule has 3 aliphatic heterocycles. The molecule has 4 atom stereocenters. The third-order valence-electron chi connectivity index (χ3n) is 6.80. The molecular weight excluding hydrogens is 413 g/mol. The number of carbonyl (C=O) groups is 3. The number of imide groups is 1. The third-order valence-corrected chi connectivity index (χ3v) is 6.80. The summed E-state index contributed by atoms with van der Waals surface area (Å²) in [7, 11) is 1.56. The molecule has 32 heavy (non-hydrogen) atoms. The first-order valence-electron chi connectivity index (χ1n) is 10.7. The van der Waals surface area contributed by atoms with Crippen molar-refractivity contribution in [2.75, 3.05) is 25.6 Å². The number of methoxy groups -OCH3 is 1. The van der Waals surface area contributed by atoms with Crippen molar-refractivity contribution >= 4 is 23.4 Å². The number of nitrogens with zero attached hydrogens (tertiary/aromatic N) is 1. The molecule has 166 valence electrons. The number of fused-ring (bicyclic) bond motifs is 4. The third kappa shape index (κ3) is 2.97. The number of carbonyl (C=O) groups excluding carboxylic acids is 3. The Balaban J connectivity index is 1.59. The maximum absolute atomic E-state index is 14.2. The number of benzene rings is 2. The van der Waals surface area contributed by atoms with E-state index in [1.165, 1.54) is 23.1 Å². The molecule has 0 saturated carbocycles. The monoisotopic (exact) mass is 437 g/mol. The Labute approximate surface area is 184 Å². The van der Waals surface area contributed by atoms with E-state index in [2.05, 4.69) is 10.6 Å². The number of hydrogen-bond acceptors (Lipinski definition) is 5. The number of nitrogens with one attached hydrogen (secondary N) is 2. The van der Waals surface area contributed by atoms with E-state index < -0.39 is 41.0 Å². The molecule has 0 bridgehead atoms. The maximum atomic E-state index is 14.2. The first-order valence-corrected chi connectivity index (χ1v) is 10.7. The lowest BCUT2D eigenvalue weighted by atomic mass is 9.76. The van der Waals surface area contributed by atoms with Gasteiger partial charge in [-0.1, -0.05) is 30.3 Å². The predicted molar refractivity (Wildman–Crippen MR) is 114 cm³/mol. The molecule has 1 spiro atoms. The lowest BCUT2D eigenvalue weighted by Gasteiger charge is -2.29. The Morgan fingerprint density at radius 3 is 2.62 bits per heavy atom. The van der Waals surface area contributed by atoms with Gasteiger partial charge in [-0.25, -0.2) is 4.39 Å². The summed E-state index contributed by atoms with van der Waals surface area (Å²) >= 11 is 0. The van der Waals surface area contributed by atoms with Gasteiger partial charge in [0.1, 0.15) is 11.4 Å². The van der Waals surface area contributed by atoms with E-state index in [0.717, 1.165) is 5.56 Å². The highest BCUT2D eigenvalue weighted by atomic mass is 19.1. The van der Waals surface area contributed by atoms with Crippen LogP contribution in [0, 0.1) is 17.7 Å². The van der Waals surface area contributed by atoms with Crippen molar-refractivity contribution in [3.63, 3.8) is 0 Å². The van der Waals surface area contributed by atoms with Crippen LogP contribution in [0.4, 0.5) is 10.1 Å². The fraction of sp³-hybridized carbons (Fsp3) is 0.375. The van der Waals surface area contributed by atoms with E-state index in [9.17, 15) is 18.8 Å². The van der Waals surface area contributed by atoms with Gasteiger partial charge in [-0.05, 0) is 36.6 Å². The van der Waals surface area contributed by atoms with Crippen LogP contribution in [0.15, 0.2) is 48.5 Å². The van der Waals surface area contributed by atoms with E-state index >= 15 is 0 Å². The van der Waals surface area contributed by atoms with Gasteiger partial charge < -0.3 is 10.1 Å². The lowest BCUT2D eigenvalue weighted by Crippen LogP contribution is -2.53. The fourth-order valence-corrected chi connectivity index (χ4v) is 5.46. The highest BCUT2D eigenvalue weighted by Gasteiger charge is 2.70. The molecular formula is C24H24FN3O4. The Bertz CT molecular complexity index is 1090. The molecule has 2 aromatic rings. The molecule has 0 aromatic heterocycles. The minimum absolute atomic E-state index is 0.226. The van der Waals surface area contributed by atoms with Crippen LogP contribution in [0.1, 0.15) is 17.5 Å². The second-order valence-electron chi connectivity index (χ2n) is 8.57. The van der Waals surface area contributed by atoms with Crippen molar-refractivity contribution in [1.82, 2.24) is 10.2 Å². The van der Waals surface area contributed by atoms with Crippen molar-refractivity contribution in [2.24, 2.45) is 11.8 Å². The van der Waals surface area contributed by atoms with Gasteiger partial charge in [-0.3, -0.25) is 24.6 Å². The quantitative estimate of drug-likeness (QED) is 0.532. The van der Waals surface area contributed by atoms with E-state index in [4.69, 9.17) is 4.74 Å². The highest BCUT2D eigenvalue weighted by Crippen LogP contribution is 2.53. The van der Waals surface area contributed by atoms with Crippen LogP contribution >= 0.6 is 0 Å². The second-order valence-corrected chi connectivity index (χ2v) is 8.57. The Morgan fingerprint density at radius 2 is 1.88 bits per heavy atom. The largest absolute Gasteiger partial charge is 0.385 e. The molecule has 0 aliphatic carbocycles. The van der Waals surface area contributed by atoms with Gasteiger partial charge in [0.15, 0.2) is 0 Å². The number of halogens is 1. The molecule has 8 heteroatoms. The number of ether oxygens (including phenoxy) is 1. The number of anilines is 1. The van der Waals surface area contributed by atoms with Crippen molar-refractivity contribution in [3.8, 4) is 0 Å². The normalized spacial score (nSPS) is 28.4. The van der Waals surface area contributed by atoms with E-state index in [1.54, 1.807) is 7.11 Å². The minimum atomic E-state index is -1.48. The standard InChI is InChI=1S/C24H24FN3O4/c1-32-11-5-10-28-21(29)19-18(12-14-6-3-2-4-7-14)27-24(20(19)22(28)30)16-13-15(25)8-9-17(16)26-23(24)31/h2-4,6-9,13,18-20,27H,5,10-12H2,1H3,(H,26,31)/t18-,19+,20-,24-/m0/s1. The van der Waals surface area contributed by atoms with Crippen LogP contribution in [0.25, 0.3) is 0 Å². The summed E-state index contributed by atoms with van der Waals surface area (Å²) in [6.45, 7) is 0.641. The lowest BCUT2D eigenvalue weighted by molar-refractivity contribution is -0.143. The molecule has 2 aromatic carbocycles. The molecule has 3 amide bonds. The van der Waals surface area contributed by atoms with Crippen LogP contribution in [0.3, 0.4) is 0 Å². The van der Waals surface area contributed by atoms with Crippen LogP contribution < -0.4 is 10.6 Å². The minimum Gasteiger partial charge on any atom is -0.385 e. The maximum Gasteiger partial charge on any atom is 0.250 e. The SMILES string of the molecule is COCCCN1C(=O)[C@@H]2[C@H](Cc3ccccc3)N[C@]3(C(=O)Nc4ccc(F)cc43)[C@@H]2C1=O. The zero-order chi connectivity index (χ0) is 22.5. The highest BCUT2D eigenvalue weighted by molar-refractivity contribution is 6.15. The summed E-state index contributed by atoms with van der Waals surface area (Å²) in [5, 5.41) is 6.11. The summed E-state index contributed by atoms with van der Waals surface area (Å²) in [6, 6.07) is 13.2. The molecule has 3 heterocycles. The van der Waals surface area contributed by atoms with Gasteiger partial charge in [0, 0.05) is 37.6 Å². The van der Waals surface area contributed by atoms with E-state index in [-0.39, 0.29) is 12.5 Å². The average molecular weight is 437 g/mol. The Kier molecular flexibility index (Phi) is 5.06. The van der Waals surface area contributed by atoms with Gasteiger partial charge in [-0.2, -0.15) is 0 Å². The molecule has 5 rings (SSSR count). The summed E-state index contributed by atoms with van der Waals surface area (Å²) in [5.74, 6) is -3.27. The van der Waals surface area contributed by atoms with Crippen LogP contribution in [0.2, 0.25) is 0 Å². The predicted octanol–water partition coefficient (Wildman–Crippen LogP) is 1.83. The van der Waals surface area contributed by atoms with Crippen molar-refractivity contribution < 1.29 is 23.5 Å². The summed E-state index contributed by atoms with van der Waals surface area (Å²) in [6.07, 6.45) is 0.973. The first-order chi connectivity index (χ1) is 15.5. The molecule has 0 unspecified atom stereocenters. The Morgan fingerprint density at radius 1 is 1.09 bits per heavy atom. The van der Waals surface area contributed by atoms with Gasteiger partial charge in [-0.15, -0.1) is 0 Å². The molecule has 2 fully saturated rings. The molecule has 0 radical (unpaired) electrons. The van der Waals surface area contributed by atoms with E-state index in [0.29, 0.717) is 30.7 Å². The zero-order valence-electron chi connectivity index (χ0n) is 17.6. The van der Waals surface area contributed by atoms with Crippen molar-refractivity contribution in [2.45, 2.75) is 24.4 Å². The Hall–Kier alpha value is -3.10. The fourth-order valence-electron chi connectivity index (χ4n) is 5.46. The average Bonchev–Trinajstić information content (AvgIpc) is 3.35. The van der Waals surface area contributed by atoms with E-state index in [1.807, 2.05) is 30.3 Å². The zero-order valence-corrected chi connectivity index (χ0v) is 17.6. The van der Waals surface area contributed by atoms with Crippen LogP contribution in [-0.4, -0.2) is 48.9 Å². The summed E-state index contributed by atoms with van der Waals surface area (Å²) in [4.78, 5) is 41.6. The van der Waals surface area contributed by atoms with Crippen LogP contribution in [-0.2, 0) is 31.1 Å². The van der Waals surface area contributed by atoms with Crippen molar-refractivity contribution in [1.29, 1.82) is 0 Å². The van der Waals surface area contributed by atoms with Gasteiger partial charge in [0.05, 0.1) is 11.8 Å². The molecule has 2 N–H and O–H groups in total. The second kappa shape index (κ2) is 7.79. The number of hydrogen-bond donors (Lipinski definition) is 2. The number of amides is 3. The van der Waals surface area contributed by atoms with Gasteiger partial charge in [0.25, 0.3) is 0 Å². The van der Waals surface area contributed by atoms with Crippen LogP contribution in [0.5, 0.6) is 0 Å². The topological polar surface area (TPSA) is 87.7 Å². The number of likely N-dealkylation sites (tertiary alicyclic amines) is 1. The van der Waals surface area contributed by atoms with Gasteiger partial charge in [0.2, 0.25) is 17.7 Å².